The number of carbonyl (C=O) groups is 1. The van der Waals surface area contributed by atoms with E-state index in [0.29, 0.717) is 6.42 Å². The molecule has 146 valence electrons. The zero-order valence-corrected chi connectivity index (χ0v) is 16.1. The molecule has 1 aliphatic rings. The Morgan fingerprint density at radius 2 is 1.59 bits per heavy atom. The van der Waals surface area contributed by atoms with E-state index in [2.05, 4.69) is 5.32 Å². The quantitative estimate of drug-likeness (QED) is 0.693. The van der Waals surface area contributed by atoms with Crippen LogP contribution in [0.1, 0.15) is 24.0 Å². The third-order valence-electron chi connectivity index (χ3n) is 4.72. The molecule has 1 saturated heterocycles. The molecule has 0 amide bonds. The lowest BCUT2D eigenvalue weighted by Gasteiger charge is -2.33. The van der Waals surface area contributed by atoms with Gasteiger partial charge in [-0.3, -0.25) is 9.35 Å². The molecule has 3 rings (SSSR count). The molecular weight excluding hydrogens is 366 g/mol. The molecule has 1 fully saturated rings. The van der Waals surface area contributed by atoms with Crippen molar-refractivity contribution in [2.45, 2.75) is 31.1 Å². The fourth-order valence-corrected chi connectivity index (χ4v) is 3.55. The molecule has 2 aromatic carbocycles. The van der Waals surface area contributed by atoms with Gasteiger partial charge in [-0.2, -0.15) is 8.42 Å². The molecule has 6 nitrogen and oxygen atoms in total. The monoisotopic (exact) mass is 391 g/mol. The van der Waals surface area contributed by atoms with Crippen LogP contribution in [0.15, 0.2) is 59.5 Å². The molecule has 0 aliphatic carbocycles. The van der Waals surface area contributed by atoms with Crippen LogP contribution in [0.2, 0.25) is 0 Å². The molecule has 0 radical (unpaired) electrons. The molecule has 0 spiro atoms. The van der Waals surface area contributed by atoms with Gasteiger partial charge < -0.3 is 10.4 Å². The van der Waals surface area contributed by atoms with Gasteiger partial charge in [-0.15, -0.1) is 0 Å². The highest BCUT2D eigenvalue weighted by Gasteiger charge is 2.39. The molecule has 0 atom stereocenters. The lowest BCUT2D eigenvalue weighted by atomic mass is 9.74. The highest BCUT2D eigenvalue weighted by Crippen LogP contribution is 2.33. The summed E-state index contributed by atoms with van der Waals surface area (Å²) in [5.41, 5.74) is 1.51. The number of carboxylic acids is 1. The van der Waals surface area contributed by atoms with Crippen LogP contribution in [0.25, 0.3) is 0 Å². The highest BCUT2D eigenvalue weighted by atomic mass is 32.2. The maximum atomic E-state index is 11.5. The van der Waals surface area contributed by atoms with Crippen LogP contribution in [-0.4, -0.2) is 37.1 Å². The van der Waals surface area contributed by atoms with Gasteiger partial charge in [-0.25, -0.2) is 0 Å². The Balaban J connectivity index is 0.000000208. The van der Waals surface area contributed by atoms with E-state index in [9.17, 15) is 18.3 Å². The topological polar surface area (TPSA) is 104 Å². The van der Waals surface area contributed by atoms with Crippen LogP contribution in [0.3, 0.4) is 0 Å². The van der Waals surface area contributed by atoms with E-state index in [4.69, 9.17) is 4.55 Å². The van der Waals surface area contributed by atoms with Crippen molar-refractivity contribution in [1.82, 2.24) is 5.32 Å². The van der Waals surface area contributed by atoms with Gasteiger partial charge >= 0.3 is 5.97 Å². The number of carboxylic acid groups (broad SMARTS) is 1. The van der Waals surface area contributed by atoms with Crippen molar-refractivity contribution in [1.29, 1.82) is 0 Å². The predicted molar refractivity (Wildman–Crippen MR) is 103 cm³/mol. The number of hydrogen-bond donors (Lipinski definition) is 3. The minimum absolute atomic E-state index is 0.0666. The van der Waals surface area contributed by atoms with Crippen LogP contribution in [-0.2, 0) is 21.3 Å². The van der Waals surface area contributed by atoms with E-state index in [1.165, 1.54) is 12.1 Å². The zero-order chi connectivity index (χ0) is 19.9. The number of aliphatic carboxylic acids is 1. The van der Waals surface area contributed by atoms with Gasteiger partial charge in [-0.1, -0.05) is 48.0 Å². The van der Waals surface area contributed by atoms with Crippen LogP contribution in [0.5, 0.6) is 0 Å². The average Bonchev–Trinajstić information content (AvgIpc) is 2.63. The van der Waals surface area contributed by atoms with Crippen LogP contribution in [0.4, 0.5) is 0 Å². The Labute approximate surface area is 160 Å². The van der Waals surface area contributed by atoms with Crippen molar-refractivity contribution in [2.24, 2.45) is 5.41 Å². The van der Waals surface area contributed by atoms with Gasteiger partial charge in [0.05, 0.1) is 10.3 Å². The summed E-state index contributed by atoms with van der Waals surface area (Å²) >= 11 is 0. The molecule has 2 aromatic rings. The predicted octanol–water partition coefficient (Wildman–Crippen LogP) is 2.93. The van der Waals surface area contributed by atoms with E-state index in [0.717, 1.165) is 37.1 Å². The average molecular weight is 391 g/mol. The molecule has 1 heterocycles. The molecule has 27 heavy (non-hydrogen) atoms. The van der Waals surface area contributed by atoms with E-state index < -0.39 is 21.5 Å². The lowest BCUT2D eigenvalue weighted by Crippen LogP contribution is -2.43. The molecule has 0 aromatic heterocycles. The summed E-state index contributed by atoms with van der Waals surface area (Å²) in [6.07, 6.45) is 2.08. The highest BCUT2D eigenvalue weighted by molar-refractivity contribution is 7.85. The van der Waals surface area contributed by atoms with Gasteiger partial charge in [0.15, 0.2) is 0 Å². The number of piperidine rings is 1. The Hall–Kier alpha value is -2.22. The van der Waals surface area contributed by atoms with E-state index >= 15 is 0 Å². The van der Waals surface area contributed by atoms with Crippen LogP contribution >= 0.6 is 0 Å². The number of rotatable bonds is 4. The molecule has 0 saturated carbocycles. The van der Waals surface area contributed by atoms with Crippen LogP contribution < -0.4 is 5.32 Å². The van der Waals surface area contributed by atoms with E-state index in [-0.39, 0.29) is 4.90 Å². The minimum atomic E-state index is -4.02. The Morgan fingerprint density at radius 1 is 1.04 bits per heavy atom. The summed E-state index contributed by atoms with van der Waals surface area (Å²) in [6.45, 7) is 3.45. The smallest absolute Gasteiger partial charge is 0.310 e. The standard InChI is InChI=1S/C13H17NO2.C7H8O3S/c15-12(16)13(6-8-14-9-7-13)10-11-4-2-1-3-5-11;1-6-2-4-7(5-3-6)11(8,9)10/h1-5,14H,6-10H2,(H,15,16);2-5H,1H3,(H,8,9,10). The Morgan fingerprint density at radius 3 is 2.07 bits per heavy atom. The second kappa shape index (κ2) is 9.12. The van der Waals surface area contributed by atoms with Crippen molar-refractivity contribution in [3.63, 3.8) is 0 Å². The summed E-state index contributed by atoms with van der Waals surface area (Å²) < 4.78 is 29.6. The van der Waals surface area contributed by atoms with Crippen molar-refractivity contribution >= 4 is 16.1 Å². The first kappa shape index (κ1) is 21.1. The molecule has 0 unspecified atom stereocenters. The molecule has 1 aliphatic heterocycles. The third kappa shape index (κ3) is 6.16. The third-order valence-corrected chi connectivity index (χ3v) is 5.59. The van der Waals surface area contributed by atoms with Crippen LogP contribution in [0, 0.1) is 12.3 Å². The lowest BCUT2D eigenvalue weighted by molar-refractivity contribution is -0.150. The summed E-state index contributed by atoms with van der Waals surface area (Å²) in [7, 11) is -4.02. The SMILES string of the molecule is Cc1ccc(S(=O)(=O)O)cc1.O=C(O)C1(Cc2ccccc2)CCNCC1. The molecule has 3 N–H and O–H groups in total. The second-order valence-corrected chi connectivity index (χ2v) is 8.21. The fraction of sp³-hybridized carbons (Fsp3) is 0.350. The van der Waals surface area contributed by atoms with Crippen molar-refractivity contribution in [3.8, 4) is 0 Å². The minimum Gasteiger partial charge on any atom is -0.481 e. The van der Waals surface area contributed by atoms with Gasteiger partial charge in [0.25, 0.3) is 10.1 Å². The van der Waals surface area contributed by atoms with Gasteiger partial charge in [0, 0.05) is 0 Å². The number of aryl methyl sites for hydroxylation is 1. The number of hydrogen-bond acceptors (Lipinski definition) is 4. The molecular formula is C20H25NO5S. The summed E-state index contributed by atoms with van der Waals surface area (Å²) in [5.74, 6) is -0.655. The summed E-state index contributed by atoms with van der Waals surface area (Å²) in [4.78, 5) is 11.4. The first-order chi connectivity index (χ1) is 12.7. The van der Waals surface area contributed by atoms with Gasteiger partial charge in [0.2, 0.25) is 0 Å². The van der Waals surface area contributed by atoms with Crippen molar-refractivity contribution in [2.75, 3.05) is 13.1 Å². The van der Waals surface area contributed by atoms with E-state index in [1.807, 2.05) is 37.3 Å². The Bertz CT molecular complexity index is 842. The second-order valence-electron chi connectivity index (χ2n) is 6.79. The largest absolute Gasteiger partial charge is 0.481 e. The summed E-state index contributed by atoms with van der Waals surface area (Å²) in [5, 5.41) is 12.6. The maximum absolute atomic E-state index is 11.5. The maximum Gasteiger partial charge on any atom is 0.310 e. The number of benzene rings is 2. The first-order valence-electron chi connectivity index (χ1n) is 8.75. The molecule has 7 heteroatoms. The Kier molecular flexibility index (Phi) is 7.12. The fourth-order valence-electron chi connectivity index (χ4n) is 3.07. The number of nitrogens with one attached hydrogen (secondary N) is 1. The normalized spacial score (nSPS) is 16.1. The van der Waals surface area contributed by atoms with Crippen molar-refractivity contribution in [3.05, 3.63) is 65.7 Å². The van der Waals surface area contributed by atoms with Crippen molar-refractivity contribution < 1.29 is 22.9 Å². The zero-order valence-electron chi connectivity index (χ0n) is 15.3. The van der Waals surface area contributed by atoms with Gasteiger partial charge in [-0.05, 0) is 57.0 Å². The van der Waals surface area contributed by atoms with E-state index in [1.54, 1.807) is 12.1 Å². The first-order valence-corrected chi connectivity index (χ1v) is 10.2. The molecule has 0 bridgehead atoms. The van der Waals surface area contributed by atoms with Gasteiger partial charge in [0.1, 0.15) is 0 Å². The summed E-state index contributed by atoms with van der Waals surface area (Å²) in [6, 6.07) is 15.9.